The predicted molar refractivity (Wildman–Crippen MR) is 70.4 cm³/mol. The van der Waals surface area contributed by atoms with Crippen LogP contribution in [-0.4, -0.2) is 30.9 Å². The van der Waals surface area contributed by atoms with Gasteiger partial charge in [0.15, 0.2) is 0 Å². The molecule has 96 valence electrons. The molecule has 1 aromatic rings. The summed E-state index contributed by atoms with van der Waals surface area (Å²) in [6.45, 7) is 8.12. The number of aliphatic hydroxyl groups is 1. The van der Waals surface area contributed by atoms with Crippen LogP contribution in [0.5, 0.6) is 5.75 Å². The fraction of sp³-hybridized carbons (Fsp3) is 0.571. The highest BCUT2D eigenvalue weighted by atomic mass is 16.5. The van der Waals surface area contributed by atoms with Crippen molar-refractivity contribution in [3.8, 4) is 5.75 Å². The van der Waals surface area contributed by atoms with Gasteiger partial charge in [0.1, 0.15) is 18.5 Å². The SMILES string of the molecule is Cc1cccc(OC[C@H](O)CNCC(C)C)c1. The minimum absolute atomic E-state index is 0.328. The van der Waals surface area contributed by atoms with Gasteiger partial charge in [-0.05, 0) is 37.1 Å². The lowest BCUT2D eigenvalue weighted by Gasteiger charge is -2.14. The monoisotopic (exact) mass is 237 g/mol. The molecule has 3 heteroatoms. The third-order valence-electron chi connectivity index (χ3n) is 2.36. The minimum atomic E-state index is -0.464. The summed E-state index contributed by atoms with van der Waals surface area (Å²) in [5.41, 5.74) is 1.16. The van der Waals surface area contributed by atoms with Crippen molar-refractivity contribution in [1.29, 1.82) is 0 Å². The largest absolute Gasteiger partial charge is 0.491 e. The number of hydrogen-bond acceptors (Lipinski definition) is 3. The second kappa shape index (κ2) is 7.30. The molecule has 2 N–H and O–H groups in total. The lowest BCUT2D eigenvalue weighted by atomic mass is 10.2. The van der Waals surface area contributed by atoms with Gasteiger partial charge in [0.25, 0.3) is 0 Å². The van der Waals surface area contributed by atoms with E-state index in [2.05, 4.69) is 19.2 Å². The van der Waals surface area contributed by atoms with Crippen LogP contribution in [0.15, 0.2) is 24.3 Å². The third-order valence-corrected chi connectivity index (χ3v) is 2.36. The highest BCUT2D eigenvalue weighted by Crippen LogP contribution is 2.12. The van der Waals surface area contributed by atoms with E-state index in [1.807, 2.05) is 31.2 Å². The topological polar surface area (TPSA) is 41.5 Å². The molecule has 0 aliphatic rings. The maximum Gasteiger partial charge on any atom is 0.119 e. The number of nitrogens with one attached hydrogen (secondary N) is 1. The van der Waals surface area contributed by atoms with Crippen molar-refractivity contribution in [3.05, 3.63) is 29.8 Å². The average Bonchev–Trinajstić information content (AvgIpc) is 2.26. The molecule has 0 fully saturated rings. The van der Waals surface area contributed by atoms with Gasteiger partial charge in [-0.25, -0.2) is 0 Å². The van der Waals surface area contributed by atoms with E-state index < -0.39 is 6.10 Å². The first kappa shape index (κ1) is 14.0. The van der Waals surface area contributed by atoms with Crippen molar-refractivity contribution in [2.45, 2.75) is 26.9 Å². The molecule has 0 saturated carbocycles. The molecule has 1 rings (SSSR count). The van der Waals surface area contributed by atoms with E-state index in [-0.39, 0.29) is 0 Å². The standard InChI is InChI=1S/C14H23NO2/c1-11(2)8-15-9-13(16)10-17-14-6-4-5-12(3)7-14/h4-7,11,13,15-16H,8-10H2,1-3H3/t13-/m1/s1. The summed E-state index contributed by atoms with van der Waals surface area (Å²) in [7, 11) is 0. The van der Waals surface area contributed by atoms with Crippen molar-refractivity contribution in [2.24, 2.45) is 5.92 Å². The first-order valence-corrected chi connectivity index (χ1v) is 6.16. The zero-order chi connectivity index (χ0) is 12.7. The summed E-state index contributed by atoms with van der Waals surface area (Å²) in [6.07, 6.45) is -0.464. The van der Waals surface area contributed by atoms with Crippen LogP contribution in [0.2, 0.25) is 0 Å². The number of benzene rings is 1. The van der Waals surface area contributed by atoms with Gasteiger partial charge in [-0.15, -0.1) is 0 Å². The number of aryl methyl sites for hydroxylation is 1. The van der Waals surface area contributed by atoms with E-state index in [0.29, 0.717) is 19.1 Å². The van der Waals surface area contributed by atoms with E-state index in [1.165, 1.54) is 0 Å². The van der Waals surface area contributed by atoms with Gasteiger partial charge in [0.2, 0.25) is 0 Å². The number of aliphatic hydroxyl groups excluding tert-OH is 1. The molecule has 0 aliphatic carbocycles. The lowest BCUT2D eigenvalue weighted by Crippen LogP contribution is -2.33. The molecule has 0 bridgehead atoms. The maximum absolute atomic E-state index is 9.71. The molecular formula is C14H23NO2. The molecule has 0 unspecified atom stereocenters. The molecule has 0 saturated heterocycles. The first-order valence-electron chi connectivity index (χ1n) is 6.16. The van der Waals surface area contributed by atoms with E-state index in [9.17, 15) is 5.11 Å². The average molecular weight is 237 g/mol. The Morgan fingerprint density at radius 3 is 2.71 bits per heavy atom. The van der Waals surface area contributed by atoms with Crippen LogP contribution < -0.4 is 10.1 Å². The highest BCUT2D eigenvalue weighted by molar-refractivity contribution is 5.27. The zero-order valence-electron chi connectivity index (χ0n) is 10.9. The summed E-state index contributed by atoms with van der Waals surface area (Å²) < 4.78 is 5.52. The molecule has 0 amide bonds. The molecule has 0 heterocycles. The van der Waals surface area contributed by atoms with Crippen molar-refractivity contribution in [3.63, 3.8) is 0 Å². The fourth-order valence-corrected chi connectivity index (χ4v) is 1.50. The van der Waals surface area contributed by atoms with Gasteiger partial charge in [-0.2, -0.15) is 0 Å². The lowest BCUT2D eigenvalue weighted by molar-refractivity contribution is 0.106. The summed E-state index contributed by atoms with van der Waals surface area (Å²) >= 11 is 0. The zero-order valence-corrected chi connectivity index (χ0v) is 10.9. The first-order chi connectivity index (χ1) is 8.08. The summed E-state index contributed by atoms with van der Waals surface area (Å²) in [5.74, 6) is 1.41. The molecule has 0 aromatic heterocycles. The molecule has 0 radical (unpaired) electrons. The second-order valence-corrected chi connectivity index (χ2v) is 4.83. The Hall–Kier alpha value is -1.06. The quantitative estimate of drug-likeness (QED) is 0.762. The van der Waals surface area contributed by atoms with Crippen molar-refractivity contribution >= 4 is 0 Å². The predicted octanol–water partition coefficient (Wildman–Crippen LogP) is 1.98. The van der Waals surface area contributed by atoms with Crippen LogP contribution in [0, 0.1) is 12.8 Å². The summed E-state index contributed by atoms with van der Waals surface area (Å²) in [4.78, 5) is 0. The van der Waals surface area contributed by atoms with Gasteiger partial charge in [-0.1, -0.05) is 26.0 Å². The van der Waals surface area contributed by atoms with E-state index in [4.69, 9.17) is 4.74 Å². The van der Waals surface area contributed by atoms with Gasteiger partial charge >= 0.3 is 0 Å². The molecular weight excluding hydrogens is 214 g/mol. The van der Waals surface area contributed by atoms with E-state index in [0.717, 1.165) is 17.9 Å². The molecule has 0 spiro atoms. The minimum Gasteiger partial charge on any atom is -0.491 e. The smallest absolute Gasteiger partial charge is 0.119 e. The Morgan fingerprint density at radius 2 is 2.06 bits per heavy atom. The highest BCUT2D eigenvalue weighted by Gasteiger charge is 2.05. The molecule has 3 nitrogen and oxygen atoms in total. The van der Waals surface area contributed by atoms with Crippen LogP contribution in [0.4, 0.5) is 0 Å². The van der Waals surface area contributed by atoms with Crippen LogP contribution in [0.1, 0.15) is 19.4 Å². The molecule has 1 aromatic carbocycles. The number of rotatable bonds is 7. The Morgan fingerprint density at radius 1 is 1.29 bits per heavy atom. The molecule has 17 heavy (non-hydrogen) atoms. The van der Waals surface area contributed by atoms with Gasteiger partial charge < -0.3 is 15.2 Å². The van der Waals surface area contributed by atoms with Crippen LogP contribution in [0.25, 0.3) is 0 Å². The number of hydrogen-bond donors (Lipinski definition) is 2. The normalized spacial score (nSPS) is 12.8. The van der Waals surface area contributed by atoms with Crippen molar-refractivity contribution in [1.82, 2.24) is 5.32 Å². The van der Waals surface area contributed by atoms with Crippen molar-refractivity contribution in [2.75, 3.05) is 19.7 Å². The summed E-state index contributed by atoms with van der Waals surface area (Å²) in [5, 5.41) is 12.9. The molecule has 0 aliphatic heterocycles. The fourth-order valence-electron chi connectivity index (χ4n) is 1.50. The second-order valence-electron chi connectivity index (χ2n) is 4.83. The Balaban J connectivity index is 2.21. The van der Waals surface area contributed by atoms with Gasteiger partial charge in [-0.3, -0.25) is 0 Å². The Bertz CT molecular complexity index is 326. The maximum atomic E-state index is 9.71. The van der Waals surface area contributed by atoms with E-state index >= 15 is 0 Å². The summed E-state index contributed by atoms with van der Waals surface area (Å²) in [6, 6.07) is 7.84. The van der Waals surface area contributed by atoms with Gasteiger partial charge in [0.05, 0.1) is 0 Å². The molecule has 1 atom stereocenters. The van der Waals surface area contributed by atoms with Gasteiger partial charge in [0, 0.05) is 6.54 Å². The van der Waals surface area contributed by atoms with E-state index in [1.54, 1.807) is 0 Å². The number of ether oxygens (including phenoxy) is 1. The third kappa shape index (κ3) is 6.29. The van der Waals surface area contributed by atoms with Crippen LogP contribution in [0.3, 0.4) is 0 Å². The Labute approximate surface area is 104 Å². The van der Waals surface area contributed by atoms with Crippen LogP contribution in [-0.2, 0) is 0 Å². The van der Waals surface area contributed by atoms with Crippen molar-refractivity contribution < 1.29 is 9.84 Å². The Kier molecular flexibility index (Phi) is 6.01. The van der Waals surface area contributed by atoms with Crippen LogP contribution >= 0.6 is 0 Å².